The molecular weight excluding hydrogens is 331 g/mol. The number of halogens is 3. The standard InChI is InChI=1S/C14H14F3N3O4/c1-13(2,3)23-10(22)7-20-5-4-8(6-9(20)21)11-18-12(24-19-11)14(15,16)17/h4-6H,7H2,1-3H3. The lowest BCUT2D eigenvalue weighted by atomic mass is 10.2. The maximum Gasteiger partial charge on any atom is 0.471 e. The molecule has 0 aliphatic heterocycles. The summed E-state index contributed by atoms with van der Waals surface area (Å²) in [5.74, 6) is -2.49. The summed E-state index contributed by atoms with van der Waals surface area (Å²) in [6.45, 7) is 4.73. The van der Waals surface area contributed by atoms with Crippen LogP contribution in [0, 0.1) is 0 Å². The van der Waals surface area contributed by atoms with Gasteiger partial charge in [0.25, 0.3) is 5.56 Å². The number of carbonyl (C=O) groups is 1. The second kappa shape index (κ2) is 6.10. The molecule has 10 heteroatoms. The van der Waals surface area contributed by atoms with Gasteiger partial charge in [-0.2, -0.15) is 18.2 Å². The molecule has 0 radical (unpaired) electrons. The van der Waals surface area contributed by atoms with Crippen molar-refractivity contribution in [2.45, 2.75) is 39.1 Å². The number of esters is 1. The van der Waals surface area contributed by atoms with Gasteiger partial charge in [0.2, 0.25) is 5.82 Å². The molecule has 0 unspecified atom stereocenters. The minimum absolute atomic E-state index is 0.0414. The van der Waals surface area contributed by atoms with Crippen LogP contribution in [0.1, 0.15) is 26.7 Å². The highest BCUT2D eigenvalue weighted by Gasteiger charge is 2.38. The molecule has 2 heterocycles. The monoisotopic (exact) mass is 345 g/mol. The van der Waals surface area contributed by atoms with Crippen LogP contribution in [0.5, 0.6) is 0 Å². The van der Waals surface area contributed by atoms with Gasteiger partial charge in [0.1, 0.15) is 12.1 Å². The van der Waals surface area contributed by atoms with Gasteiger partial charge in [-0.1, -0.05) is 5.16 Å². The Bertz CT molecular complexity index is 803. The first kappa shape index (κ1) is 17.7. The maximum absolute atomic E-state index is 12.4. The summed E-state index contributed by atoms with van der Waals surface area (Å²) in [6, 6.07) is 2.31. The fraction of sp³-hybridized carbons (Fsp3) is 0.429. The van der Waals surface area contributed by atoms with E-state index in [0.29, 0.717) is 0 Å². The first-order valence-corrected chi connectivity index (χ1v) is 6.79. The molecular formula is C14H14F3N3O4. The normalized spacial score (nSPS) is 12.2. The van der Waals surface area contributed by atoms with E-state index in [2.05, 4.69) is 14.7 Å². The largest absolute Gasteiger partial charge is 0.471 e. The molecule has 2 aromatic heterocycles. The van der Waals surface area contributed by atoms with E-state index >= 15 is 0 Å². The second-order valence-electron chi connectivity index (χ2n) is 5.89. The molecule has 0 aromatic carbocycles. The quantitative estimate of drug-likeness (QED) is 0.793. The molecule has 0 aliphatic rings. The molecule has 7 nitrogen and oxygen atoms in total. The average Bonchev–Trinajstić information content (AvgIpc) is 2.88. The number of nitrogens with zero attached hydrogens (tertiary/aromatic N) is 3. The Morgan fingerprint density at radius 3 is 2.50 bits per heavy atom. The summed E-state index contributed by atoms with van der Waals surface area (Å²) in [6.07, 6.45) is -3.53. The Kier molecular flexibility index (Phi) is 4.50. The van der Waals surface area contributed by atoms with Crippen LogP contribution in [0.25, 0.3) is 11.4 Å². The summed E-state index contributed by atoms with van der Waals surface area (Å²) in [7, 11) is 0. The molecule has 0 atom stereocenters. The molecule has 2 rings (SSSR count). The van der Waals surface area contributed by atoms with Crippen LogP contribution < -0.4 is 5.56 Å². The Hall–Kier alpha value is -2.65. The topological polar surface area (TPSA) is 87.2 Å². The minimum Gasteiger partial charge on any atom is -0.459 e. The van der Waals surface area contributed by atoms with E-state index in [1.807, 2.05) is 0 Å². The third-order valence-corrected chi connectivity index (χ3v) is 2.64. The van der Waals surface area contributed by atoms with E-state index in [9.17, 15) is 22.8 Å². The van der Waals surface area contributed by atoms with Gasteiger partial charge in [-0.3, -0.25) is 9.59 Å². The van der Waals surface area contributed by atoms with E-state index in [0.717, 1.165) is 10.6 Å². The number of ether oxygens (including phenoxy) is 1. The molecule has 0 spiro atoms. The van der Waals surface area contributed by atoms with E-state index in [4.69, 9.17) is 4.74 Å². The third kappa shape index (κ3) is 4.43. The lowest BCUT2D eigenvalue weighted by molar-refractivity contribution is -0.159. The van der Waals surface area contributed by atoms with E-state index in [1.54, 1.807) is 20.8 Å². The Labute approximate surface area is 134 Å². The number of hydrogen-bond donors (Lipinski definition) is 0. The predicted molar refractivity (Wildman–Crippen MR) is 74.8 cm³/mol. The van der Waals surface area contributed by atoms with Gasteiger partial charge in [0.15, 0.2) is 0 Å². The summed E-state index contributed by atoms with van der Waals surface area (Å²) >= 11 is 0. The van der Waals surface area contributed by atoms with E-state index in [1.165, 1.54) is 12.3 Å². The number of aromatic nitrogens is 3. The van der Waals surface area contributed by atoms with Crippen molar-refractivity contribution in [3.05, 3.63) is 34.6 Å². The van der Waals surface area contributed by atoms with Gasteiger partial charge in [0, 0.05) is 17.8 Å². The Morgan fingerprint density at radius 2 is 2.00 bits per heavy atom. The van der Waals surface area contributed by atoms with Crippen LogP contribution in [0.3, 0.4) is 0 Å². The van der Waals surface area contributed by atoms with Gasteiger partial charge in [0.05, 0.1) is 0 Å². The smallest absolute Gasteiger partial charge is 0.459 e. The summed E-state index contributed by atoms with van der Waals surface area (Å²) in [5, 5.41) is 3.19. The molecule has 24 heavy (non-hydrogen) atoms. The molecule has 0 aliphatic carbocycles. The maximum atomic E-state index is 12.4. The first-order chi connectivity index (χ1) is 11.0. The highest BCUT2D eigenvalue weighted by atomic mass is 19.4. The van der Waals surface area contributed by atoms with Crippen LogP contribution in [0.2, 0.25) is 0 Å². The number of rotatable bonds is 3. The van der Waals surface area contributed by atoms with Gasteiger partial charge < -0.3 is 13.8 Å². The molecule has 0 saturated heterocycles. The Balaban J connectivity index is 2.20. The molecule has 0 amide bonds. The molecule has 130 valence electrons. The van der Waals surface area contributed by atoms with Crippen molar-refractivity contribution in [1.29, 1.82) is 0 Å². The Morgan fingerprint density at radius 1 is 1.33 bits per heavy atom. The molecule has 2 aromatic rings. The summed E-state index contributed by atoms with van der Waals surface area (Å²) in [5.41, 5.74) is -1.27. The average molecular weight is 345 g/mol. The van der Waals surface area contributed by atoms with Gasteiger partial charge in [-0.05, 0) is 26.8 Å². The zero-order chi connectivity index (χ0) is 18.1. The number of hydrogen-bond acceptors (Lipinski definition) is 6. The van der Waals surface area contributed by atoms with E-state index in [-0.39, 0.29) is 17.9 Å². The zero-order valence-corrected chi connectivity index (χ0v) is 13.0. The minimum atomic E-state index is -4.77. The number of pyridine rings is 1. The highest BCUT2D eigenvalue weighted by molar-refractivity contribution is 5.69. The molecule has 0 bridgehead atoms. The lowest BCUT2D eigenvalue weighted by Gasteiger charge is -2.19. The summed E-state index contributed by atoms with van der Waals surface area (Å²) in [4.78, 5) is 26.9. The SMILES string of the molecule is CC(C)(C)OC(=O)Cn1ccc(-c2noc(C(F)(F)F)n2)cc1=O. The van der Waals surface area contributed by atoms with Crippen LogP contribution >= 0.6 is 0 Å². The van der Waals surface area contributed by atoms with Gasteiger partial charge >= 0.3 is 18.0 Å². The second-order valence-corrected chi connectivity index (χ2v) is 5.89. The first-order valence-electron chi connectivity index (χ1n) is 6.79. The van der Waals surface area contributed by atoms with Crippen molar-refractivity contribution in [3.63, 3.8) is 0 Å². The van der Waals surface area contributed by atoms with Crippen molar-refractivity contribution >= 4 is 5.97 Å². The van der Waals surface area contributed by atoms with Crippen molar-refractivity contribution in [1.82, 2.24) is 14.7 Å². The molecule has 0 fully saturated rings. The van der Waals surface area contributed by atoms with Crippen LogP contribution in [-0.2, 0) is 22.3 Å². The van der Waals surface area contributed by atoms with Gasteiger partial charge in [-0.25, -0.2) is 0 Å². The van der Waals surface area contributed by atoms with Crippen molar-refractivity contribution in [3.8, 4) is 11.4 Å². The zero-order valence-electron chi connectivity index (χ0n) is 13.0. The van der Waals surface area contributed by atoms with Crippen LogP contribution in [0.15, 0.2) is 27.6 Å². The van der Waals surface area contributed by atoms with Crippen LogP contribution in [0.4, 0.5) is 13.2 Å². The van der Waals surface area contributed by atoms with Crippen molar-refractivity contribution in [2.24, 2.45) is 0 Å². The fourth-order valence-corrected chi connectivity index (χ4v) is 1.75. The predicted octanol–water partition coefficient (Wildman–Crippen LogP) is 2.26. The molecule has 0 saturated carbocycles. The highest BCUT2D eigenvalue weighted by Crippen LogP contribution is 2.29. The van der Waals surface area contributed by atoms with E-state index < -0.39 is 29.2 Å². The molecule has 0 N–H and O–H groups in total. The third-order valence-electron chi connectivity index (χ3n) is 2.64. The van der Waals surface area contributed by atoms with Crippen LogP contribution in [-0.4, -0.2) is 26.3 Å². The van der Waals surface area contributed by atoms with Gasteiger partial charge in [-0.15, -0.1) is 0 Å². The lowest BCUT2D eigenvalue weighted by Crippen LogP contribution is -2.30. The van der Waals surface area contributed by atoms with Crippen molar-refractivity contribution in [2.75, 3.05) is 0 Å². The number of carbonyl (C=O) groups excluding carboxylic acids is 1. The van der Waals surface area contributed by atoms with Crippen molar-refractivity contribution < 1.29 is 27.2 Å². The number of alkyl halides is 3. The fourth-order valence-electron chi connectivity index (χ4n) is 1.75. The summed E-state index contributed by atoms with van der Waals surface area (Å²) < 4.78 is 47.5.